The summed E-state index contributed by atoms with van der Waals surface area (Å²) in [4.78, 5) is 0. The van der Waals surface area contributed by atoms with Crippen LogP contribution >= 0.6 is 0 Å². The van der Waals surface area contributed by atoms with Crippen LogP contribution in [0.4, 0.5) is 0 Å². The van der Waals surface area contributed by atoms with E-state index in [4.69, 9.17) is 14.9 Å². The van der Waals surface area contributed by atoms with Crippen molar-refractivity contribution in [3.05, 3.63) is 29.8 Å². The molecule has 0 aliphatic rings. The van der Waals surface area contributed by atoms with Crippen molar-refractivity contribution in [2.24, 2.45) is 0 Å². The lowest BCUT2D eigenvalue weighted by Crippen LogP contribution is -2.00. The van der Waals surface area contributed by atoms with E-state index in [1.54, 1.807) is 6.07 Å². The molecule has 2 N–H and O–H groups in total. The minimum Gasteiger partial charge on any atom is -0.467 e. The number of aliphatic hydroxyl groups is 2. The van der Waals surface area contributed by atoms with E-state index in [9.17, 15) is 0 Å². The van der Waals surface area contributed by atoms with Gasteiger partial charge in [0.2, 0.25) is 0 Å². The van der Waals surface area contributed by atoms with E-state index in [2.05, 4.69) is 0 Å². The first kappa shape index (κ1) is 9.03. The predicted octanol–water partition coefficient (Wildman–Crippen LogP) is 0.550. The zero-order valence-corrected chi connectivity index (χ0v) is 6.73. The molecule has 3 heteroatoms. The molecule has 0 atom stereocenters. The Kier molecular flexibility index (Phi) is 3.57. The highest BCUT2D eigenvalue weighted by Crippen LogP contribution is 2.17. The summed E-state index contributed by atoms with van der Waals surface area (Å²) in [6.07, 6.45) is 0.552. The van der Waals surface area contributed by atoms with Gasteiger partial charge in [-0.1, -0.05) is 18.2 Å². The molecule has 0 amide bonds. The molecule has 0 radical (unpaired) electrons. The Labute approximate surface area is 71.2 Å². The van der Waals surface area contributed by atoms with Gasteiger partial charge in [0.15, 0.2) is 6.79 Å². The van der Waals surface area contributed by atoms with Gasteiger partial charge < -0.3 is 14.9 Å². The number of hydrogen-bond donors (Lipinski definition) is 2. The molecular formula is C9H12O3. The van der Waals surface area contributed by atoms with Crippen molar-refractivity contribution in [1.82, 2.24) is 0 Å². The molecule has 0 bridgehead atoms. The quantitative estimate of drug-likeness (QED) is 0.645. The van der Waals surface area contributed by atoms with Crippen molar-refractivity contribution in [3.8, 4) is 5.75 Å². The lowest BCUT2D eigenvalue weighted by Gasteiger charge is -2.07. The van der Waals surface area contributed by atoms with Gasteiger partial charge >= 0.3 is 0 Å². The van der Waals surface area contributed by atoms with Crippen LogP contribution in [0, 0.1) is 0 Å². The molecule has 0 heterocycles. The highest BCUT2D eigenvalue weighted by molar-refractivity contribution is 5.33. The predicted molar refractivity (Wildman–Crippen MR) is 44.9 cm³/mol. The van der Waals surface area contributed by atoms with Crippen LogP contribution in [0.25, 0.3) is 0 Å². The number of hydrogen-bond acceptors (Lipinski definition) is 3. The van der Waals surface area contributed by atoms with E-state index in [0.717, 1.165) is 5.56 Å². The second-order valence-corrected chi connectivity index (χ2v) is 2.35. The molecule has 1 aromatic carbocycles. The van der Waals surface area contributed by atoms with Crippen LogP contribution in [-0.2, 0) is 6.42 Å². The van der Waals surface area contributed by atoms with Crippen molar-refractivity contribution in [2.75, 3.05) is 13.4 Å². The van der Waals surface area contributed by atoms with Crippen LogP contribution in [0.1, 0.15) is 5.56 Å². The fourth-order valence-electron chi connectivity index (χ4n) is 1.04. The summed E-state index contributed by atoms with van der Waals surface area (Å²) in [5.41, 5.74) is 0.911. The lowest BCUT2D eigenvalue weighted by molar-refractivity contribution is 0.0972. The molecule has 0 saturated carbocycles. The van der Waals surface area contributed by atoms with Crippen LogP contribution in [0.15, 0.2) is 24.3 Å². The van der Waals surface area contributed by atoms with E-state index in [1.165, 1.54) is 0 Å². The van der Waals surface area contributed by atoms with Gasteiger partial charge in [0.25, 0.3) is 0 Å². The first-order chi connectivity index (χ1) is 5.88. The number of aliphatic hydroxyl groups excluding tert-OH is 2. The minimum atomic E-state index is -0.331. The summed E-state index contributed by atoms with van der Waals surface area (Å²) in [5, 5.41) is 17.2. The third kappa shape index (κ3) is 2.22. The molecule has 66 valence electrons. The third-order valence-corrected chi connectivity index (χ3v) is 1.57. The highest BCUT2D eigenvalue weighted by Gasteiger charge is 2.00. The Hall–Kier alpha value is -1.06. The SMILES string of the molecule is OCCc1ccccc1OCO. The standard InChI is InChI=1S/C9H12O3/c10-6-5-8-3-1-2-4-9(8)12-7-11/h1-4,10-11H,5-7H2. The summed E-state index contributed by atoms with van der Waals surface area (Å²) in [6, 6.07) is 7.32. The summed E-state index contributed by atoms with van der Waals surface area (Å²) < 4.78 is 4.93. The van der Waals surface area contributed by atoms with Crippen LogP contribution in [0.3, 0.4) is 0 Å². The van der Waals surface area contributed by atoms with Gasteiger partial charge in [0.05, 0.1) is 0 Å². The molecule has 0 aliphatic heterocycles. The fourth-order valence-corrected chi connectivity index (χ4v) is 1.04. The smallest absolute Gasteiger partial charge is 0.186 e. The molecule has 0 fully saturated rings. The molecule has 1 rings (SSSR count). The Balaban J connectivity index is 2.77. The van der Waals surface area contributed by atoms with Crippen molar-refractivity contribution in [1.29, 1.82) is 0 Å². The summed E-state index contributed by atoms with van der Waals surface area (Å²) in [6.45, 7) is -0.242. The minimum absolute atomic E-state index is 0.0891. The van der Waals surface area contributed by atoms with Crippen LogP contribution < -0.4 is 4.74 Å². The first-order valence-corrected chi connectivity index (χ1v) is 3.81. The molecule has 0 aromatic heterocycles. The second kappa shape index (κ2) is 4.74. The van der Waals surface area contributed by atoms with E-state index < -0.39 is 0 Å². The number of benzene rings is 1. The zero-order chi connectivity index (χ0) is 8.81. The normalized spacial score (nSPS) is 9.83. The summed E-state index contributed by atoms with van der Waals surface area (Å²) in [7, 11) is 0. The summed E-state index contributed by atoms with van der Waals surface area (Å²) in [5.74, 6) is 0.633. The average Bonchev–Trinajstić information content (AvgIpc) is 2.09. The third-order valence-electron chi connectivity index (χ3n) is 1.57. The van der Waals surface area contributed by atoms with Crippen LogP contribution in [0.2, 0.25) is 0 Å². The van der Waals surface area contributed by atoms with Gasteiger partial charge in [-0.2, -0.15) is 0 Å². The van der Waals surface area contributed by atoms with Gasteiger partial charge in [-0.05, 0) is 18.1 Å². The second-order valence-electron chi connectivity index (χ2n) is 2.35. The molecule has 0 aliphatic carbocycles. The van der Waals surface area contributed by atoms with E-state index in [1.807, 2.05) is 18.2 Å². The average molecular weight is 168 g/mol. The molecule has 3 nitrogen and oxygen atoms in total. The number of rotatable bonds is 4. The maximum atomic E-state index is 8.69. The van der Waals surface area contributed by atoms with Gasteiger partial charge in [-0.15, -0.1) is 0 Å². The first-order valence-electron chi connectivity index (χ1n) is 3.81. The molecule has 0 unspecified atom stereocenters. The highest BCUT2D eigenvalue weighted by atomic mass is 16.6. The molecule has 12 heavy (non-hydrogen) atoms. The van der Waals surface area contributed by atoms with E-state index in [0.29, 0.717) is 12.2 Å². The molecule has 1 aromatic rings. The maximum Gasteiger partial charge on any atom is 0.186 e. The topological polar surface area (TPSA) is 49.7 Å². The van der Waals surface area contributed by atoms with Crippen molar-refractivity contribution >= 4 is 0 Å². The molecule has 0 saturated heterocycles. The van der Waals surface area contributed by atoms with Crippen molar-refractivity contribution in [3.63, 3.8) is 0 Å². The number of ether oxygens (including phenoxy) is 1. The Morgan fingerprint density at radius 1 is 1.17 bits per heavy atom. The van der Waals surface area contributed by atoms with Gasteiger partial charge in [0.1, 0.15) is 5.75 Å². The van der Waals surface area contributed by atoms with Crippen molar-refractivity contribution < 1.29 is 14.9 Å². The zero-order valence-electron chi connectivity index (χ0n) is 6.73. The van der Waals surface area contributed by atoms with Gasteiger partial charge in [0, 0.05) is 6.61 Å². The Bertz CT molecular complexity index is 210. The van der Waals surface area contributed by atoms with E-state index in [-0.39, 0.29) is 13.4 Å². The van der Waals surface area contributed by atoms with Gasteiger partial charge in [-0.3, -0.25) is 0 Å². The van der Waals surface area contributed by atoms with Crippen LogP contribution in [-0.4, -0.2) is 23.6 Å². The lowest BCUT2D eigenvalue weighted by atomic mass is 10.1. The summed E-state index contributed by atoms with van der Waals surface area (Å²) >= 11 is 0. The Morgan fingerprint density at radius 2 is 1.92 bits per heavy atom. The Morgan fingerprint density at radius 3 is 2.58 bits per heavy atom. The maximum absolute atomic E-state index is 8.69. The van der Waals surface area contributed by atoms with Crippen molar-refractivity contribution in [2.45, 2.75) is 6.42 Å². The number of para-hydroxylation sites is 1. The van der Waals surface area contributed by atoms with E-state index >= 15 is 0 Å². The largest absolute Gasteiger partial charge is 0.467 e. The molecule has 0 spiro atoms. The fraction of sp³-hybridized carbons (Fsp3) is 0.333. The monoisotopic (exact) mass is 168 g/mol. The van der Waals surface area contributed by atoms with Gasteiger partial charge in [-0.25, -0.2) is 0 Å². The van der Waals surface area contributed by atoms with Crippen LogP contribution in [0.5, 0.6) is 5.75 Å². The molecular weight excluding hydrogens is 156 g/mol.